The van der Waals surface area contributed by atoms with Crippen molar-refractivity contribution in [3.05, 3.63) is 34.6 Å². The topological polar surface area (TPSA) is 12.5 Å². The van der Waals surface area contributed by atoms with E-state index in [0.717, 1.165) is 6.54 Å². The van der Waals surface area contributed by atoms with E-state index in [1.165, 1.54) is 6.07 Å². The minimum absolute atomic E-state index is 0.223. The number of alkyl halides is 1. The molecule has 0 aliphatic heterocycles. The lowest BCUT2D eigenvalue weighted by molar-refractivity contribution is 0.184. The lowest BCUT2D eigenvalue weighted by atomic mass is 10.2. The zero-order valence-corrected chi connectivity index (χ0v) is 12.3. The third kappa shape index (κ3) is 5.34. The van der Waals surface area contributed by atoms with Gasteiger partial charge in [0.05, 0.1) is 11.4 Å². The van der Waals surface area contributed by atoms with Gasteiger partial charge in [-0.1, -0.05) is 27.5 Å². The molecule has 96 valence electrons. The van der Waals surface area contributed by atoms with Crippen molar-refractivity contribution < 1.29 is 9.13 Å². The summed E-state index contributed by atoms with van der Waals surface area (Å²) in [6.07, 6.45) is 0. The van der Waals surface area contributed by atoms with E-state index in [-0.39, 0.29) is 10.6 Å². The third-order valence-corrected chi connectivity index (χ3v) is 3.09. The molecule has 0 saturated heterocycles. The largest absolute Gasteiger partial charge is 0.383 e. The Morgan fingerprint density at radius 3 is 2.88 bits per heavy atom. The van der Waals surface area contributed by atoms with Crippen LogP contribution in [0.2, 0.25) is 5.02 Å². The second kappa shape index (κ2) is 7.31. The Balaban J connectivity index is 2.55. The van der Waals surface area contributed by atoms with Crippen LogP contribution < -0.4 is 0 Å². The van der Waals surface area contributed by atoms with Crippen LogP contribution >= 0.6 is 27.5 Å². The highest BCUT2D eigenvalue weighted by molar-refractivity contribution is 9.09. The average molecular weight is 325 g/mol. The van der Waals surface area contributed by atoms with Crippen molar-refractivity contribution in [3.8, 4) is 0 Å². The van der Waals surface area contributed by atoms with E-state index in [4.69, 9.17) is 16.3 Å². The highest BCUT2D eigenvalue weighted by Crippen LogP contribution is 2.16. The molecule has 0 fully saturated rings. The van der Waals surface area contributed by atoms with Crippen LogP contribution in [-0.4, -0.2) is 37.0 Å². The Bertz CT molecular complexity index is 364. The molecule has 1 aromatic rings. The molecule has 0 saturated carbocycles. The van der Waals surface area contributed by atoms with Gasteiger partial charge in [-0.3, -0.25) is 0 Å². The summed E-state index contributed by atoms with van der Waals surface area (Å²) >= 11 is 9.34. The molecule has 0 amide bonds. The number of hydrogen-bond donors (Lipinski definition) is 0. The lowest BCUT2D eigenvalue weighted by Crippen LogP contribution is -2.28. The fourth-order valence-electron chi connectivity index (χ4n) is 1.59. The van der Waals surface area contributed by atoms with Crippen LogP contribution in [0.5, 0.6) is 0 Å². The first kappa shape index (κ1) is 14.9. The van der Waals surface area contributed by atoms with Crippen LogP contribution in [0.4, 0.5) is 4.39 Å². The van der Waals surface area contributed by atoms with Crippen molar-refractivity contribution >= 4 is 27.5 Å². The van der Waals surface area contributed by atoms with Gasteiger partial charge in [-0.25, -0.2) is 4.39 Å². The fourth-order valence-corrected chi connectivity index (χ4v) is 2.54. The Morgan fingerprint density at radius 2 is 2.24 bits per heavy atom. The maximum absolute atomic E-state index is 13.5. The summed E-state index contributed by atoms with van der Waals surface area (Å²) in [4.78, 5) is 2.26. The summed E-state index contributed by atoms with van der Waals surface area (Å²) in [6, 6.07) is 4.61. The maximum atomic E-state index is 13.5. The van der Waals surface area contributed by atoms with Gasteiger partial charge in [-0.05, 0) is 25.2 Å². The molecular weight excluding hydrogens is 308 g/mol. The van der Waals surface area contributed by atoms with Gasteiger partial charge in [0.25, 0.3) is 0 Å². The van der Waals surface area contributed by atoms with Gasteiger partial charge >= 0.3 is 0 Å². The maximum Gasteiger partial charge on any atom is 0.127 e. The number of ether oxygens (including phenoxy) is 1. The zero-order chi connectivity index (χ0) is 12.8. The normalized spacial score (nSPS) is 13.1. The summed E-state index contributed by atoms with van der Waals surface area (Å²) < 4.78 is 18.5. The van der Waals surface area contributed by atoms with Gasteiger partial charge in [0, 0.05) is 30.8 Å². The summed E-state index contributed by atoms with van der Waals surface area (Å²) in [6.45, 7) is 1.93. The number of halogens is 3. The Morgan fingerprint density at radius 1 is 1.53 bits per heavy atom. The Kier molecular flexibility index (Phi) is 6.41. The molecule has 0 aromatic heterocycles. The number of hydrogen-bond acceptors (Lipinski definition) is 2. The molecule has 0 N–H and O–H groups in total. The molecule has 0 bridgehead atoms. The Hall–Kier alpha value is -0.160. The summed E-state index contributed by atoms with van der Waals surface area (Å²) in [7, 11) is 3.59. The summed E-state index contributed by atoms with van der Waals surface area (Å²) in [5.74, 6) is -0.223. The van der Waals surface area contributed by atoms with Crippen LogP contribution in [0, 0.1) is 5.82 Å². The molecule has 0 heterocycles. The molecule has 0 aliphatic rings. The van der Waals surface area contributed by atoms with Crippen molar-refractivity contribution in [2.75, 3.05) is 27.3 Å². The number of rotatable bonds is 6. The fraction of sp³-hybridized carbons (Fsp3) is 0.500. The van der Waals surface area contributed by atoms with Crippen molar-refractivity contribution in [2.24, 2.45) is 0 Å². The first-order valence-corrected chi connectivity index (χ1v) is 6.57. The van der Waals surface area contributed by atoms with Crippen LogP contribution in [-0.2, 0) is 11.3 Å². The molecular formula is C12H16BrClFNO. The van der Waals surface area contributed by atoms with Crippen LogP contribution in [0.1, 0.15) is 5.56 Å². The molecule has 1 atom stereocenters. The van der Waals surface area contributed by atoms with Crippen LogP contribution in [0.25, 0.3) is 0 Å². The smallest absolute Gasteiger partial charge is 0.127 e. The van der Waals surface area contributed by atoms with Crippen molar-refractivity contribution in [1.29, 1.82) is 0 Å². The van der Waals surface area contributed by atoms with Gasteiger partial charge in [0.15, 0.2) is 0 Å². The number of methoxy groups -OCH3 is 1. The van der Waals surface area contributed by atoms with Crippen LogP contribution in [0.15, 0.2) is 18.2 Å². The molecule has 1 aromatic carbocycles. The van der Waals surface area contributed by atoms with Gasteiger partial charge in [0.1, 0.15) is 5.82 Å². The van der Waals surface area contributed by atoms with E-state index in [0.29, 0.717) is 23.7 Å². The molecule has 0 radical (unpaired) electrons. The minimum Gasteiger partial charge on any atom is -0.383 e. The van der Waals surface area contributed by atoms with E-state index >= 15 is 0 Å². The van der Waals surface area contributed by atoms with Crippen molar-refractivity contribution in [3.63, 3.8) is 0 Å². The first-order chi connectivity index (χ1) is 8.02. The SMILES string of the molecule is COCC(Br)CN(C)Cc1cc(Cl)ccc1F. The monoisotopic (exact) mass is 323 g/mol. The lowest BCUT2D eigenvalue weighted by Gasteiger charge is -2.20. The number of benzene rings is 1. The quantitative estimate of drug-likeness (QED) is 0.744. The van der Waals surface area contributed by atoms with Gasteiger partial charge in [0.2, 0.25) is 0 Å². The van der Waals surface area contributed by atoms with Crippen molar-refractivity contribution in [1.82, 2.24) is 4.90 Å². The minimum atomic E-state index is -0.223. The summed E-state index contributed by atoms with van der Waals surface area (Å²) in [5.41, 5.74) is 0.608. The van der Waals surface area contributed by atoms with E-state index in [9.17, 15) is 4.39 Å². The molecule has 0 spiro atoms. The molecule has 5 heteroatoms. The van der Waals surface area contributed by atoms with Gasteiger partial charge < -0.3 is 9.64 Å². The van der Waals surface area contributed by atoms with Gasteiger partial charge in [-0.2, -0.15) is 0 Å². The average Bonchev–Trinajstić information content (AvgIpc) is 2.23. The summed E-state index contributed by atoms with van der Waals surface area (Å²) in [5, 5.41) is 0.557. The molecule has 1 rings (SSSR count). The van der Waals surface area contributed by atoms with E-state index < -0.39 is 0 Å². The predicted octanol–water partition coefficient (Wildman–Crippen LogP) is 3.32. The third-order valence-electron chi connectivity index (χ3n) is 2.31. The standard InChI is InChI=1S/C12H16BrClFNO/c1-16(7-10(13)8-17-2)6-9-5-11(14)3-4-12(9)15/h3-5,10H,6-8H2,1-2H3. The molecule has 2 nitrogen and oxygen atoms in total. The highest BCUT2D eigenvalue weighted by Gasteiger charge is 2.10. The predicted molar refractivity (Wildman–Crippen MR) is 72.3 cm³/mol. The van der Waals surface area contributed by atoms with E-state index in [2.05, 4.69) is 15.9 Å². The van der Waals surface area contributed by atoms with Crippen molar-refractivity contribution in [2.45, 2.75) is 11.4 Å². The van der Waals surface area contributed by atoms with Crippen LogP contribution in [0.3, 0.4) is 0 Å². The van der Waals surface area contributed by atoms with Gasteiger partial charge in [-0.15, -0.1) is 0 Å². The number of nitrogens with zero attached hydrogens (tertiary/aromatic N) is 1. The molecule has 17 heavy (non-hydrogen) atoms. The first-order valence-electron chi connectivity index (χ1n) is 5.28. The zero-order valence-electron chi connectivity index (χ0n) is 9.92. The van der Waals surface area contributed by atoms with E-state index in [1.54, 1.807) is 19.2 Å². The highest BCUT2D eigenvalue weighted by atomic mass is 79.9. The second-order valence-corrected chi connectivity index (χ2v) is 5.72. The molecule has 0 aliphatic carbocycles. The Labute approximate surface area is 115 Å². The van der Waals surface area contributed by atoms with E-state index in [1.807, 2.05) is 11.9 Å². The molecule has 1 unspecified atom stereocenters. The second-order valence-electron chi connectivity index (χ2n) is 3.99.